The summed E-state index contributed by atoms with van der Waals surface area (Å²) in [6.45, 7) is 0. The van der Waals surface area contributed by atoms with Crippen LogP contribution in [-0.4, -0.2) is 91.9 Å². The fourth-order valence-corrected chi connectivity index (χ4v) is 7.21. The number of nitrogens with zero attached hydrogens (tertiary/aromatic N) is 16. The summed E-state index contributed by atoms with van der Waals surface area (Å²) in [4.78, 5) is 56.7. The average molecular weight is 675 g/mol. The predicted octanol–water partition coefficient (Wildman–Crippen LogP) is 4.64. The number of fused-ring (bicyclic) bond motifs is 6. The Morgan fingerprint density at radius 3 is 1.23 bits per heavy atom. The molecule has 16 heteroatoms. The second kappa shape index (κ2) is 9.85. The lowest BCUT2D eigenvalue weighted by atomic mass is 10.1. The number of amidine groups is 2. The lowest BCUT2D eigenvalue weighted by molar-refractivity contribution is 0.775. The van der Waals surface area contributed by atoms with Crippen molar-refractivity contribution in [3.63, 3.8) is 0 Å². The van der Waals surface area contributed by atoms with Gasteiger partial charge in [-0.1, -0.05) is 36.4 Å². The molecule has 0 unspecified atom stereocenters. The third-order valence-corrected chi connectivity index (χ3v) is 9.42. The number of aromatic nitrogens is 2. The molecule has 0 aliphatic carbocycles. The maximum Gasteiger partial charge on any atom is 0.243 e. The molecule has 6 aromatic rings. The molecule has 242 valence electrons. The molecule has 0 fully saturated rings. The van der Waals surface area contributed by atoms with Crippen LogP contribution in [-0.2, 0) is 0 Å². The van der Waals surface area contributed by atoms with Crippen molar-refractivity contribution in [3.05, 3.63) is 96.1 Å². The SMILES string of the molecule is C1=NC2=NC=NC3=NC(c4ccc5c(c4)c4ccccc4n5-n4c5ccccc5c5cc(C6=NC7=NC=NC8=NC=NC(=N6)N87)ccc54)=NC(=N1)N23. The van der Waals surface area contributed by atoms with Gasteiger partial charge in [0.15, 0.2) is 11.7 Å². The summed E-state index contributed by atoms with van der Waals surface area (Å²) in [7, 11) is 0. The minimum atomic E-state index is 0.423. The predicted molar refractivity (Wildman–Crippen MR) is 205 cm³/mol. The highest BCUT2D eigenvalue weighted by molar-refractivity contribution is 6.31. The summed E-state index contributed by atoms with van der Waals surface area (Å²) in [5.41, 5.74) is 5.79. The zero-order valence-corrected chi connectivity index (χ0v) is 26.5. The lowest BCUT2D eigenvalue weighted by Crippen LogP contribution is -2.45. The van der Waals surface area contributed by atoms with E-state index in [2.05, 4.69) is 122 Å². The molecule has 12 rings (SSSR count). The minimum Gasteiger partial charge on any atom is -0.248 e. The Morgan fingerprint density at radius 2 is 0.750 bits per heavy atom. The van der Waals surface area contributed by atoms with Crippen molar-refractivity contribution >= 4 is 116 Å². The number of guanidine groups is 6. The molecule has 0 atom stereocenters. The number of hydrogen-bond acceptors (Lipinski definition) is 14. The maximum atomic E-state index is 4.77. The highest BCUT2D eigenvalue weighted by atomic mass is 15.5. The van der Waals surface area contributed by atoms with Crippen LogP contribution in [0.1, 0.15) is 11.1 Å². The second-order valence-electron chi connectivity index (χ2n) is 12.2. The number of rotatable bonds is 3. The molecule has 0 N–H and O–H groups in total. The molecule has 6 aliphatic rings. The van der Waals surface area contributed by atoms with Gasteiger partial charge in [-0.15, -0.1) is 0 Å². The van der Waals surface area contributed by atoms with Gasteiger partial charge in [0.2, 0.25) is 35.8 Å². The summed E-state index contributed by atoms with van der Waals surface area (Å²) >= 11 is 0. The third kappa shape index (κ3) is 3.63. The van der Waals surface area contributed by atoms with Crippen LogP contribution in [0.3, 0.4) is 0 Å². The molecule has 0 amide bonds. The third-order valence-electron chi connectivity index (χ3n) is 9.42. The second-order valence-corrected chi connectivity index (χ2v) is 12.2. The largest absolute Gasteiger partial charge is 0.248 e. The van der Waals surface area contributed by atoms with E-state index >= 15 is 0 Å². The number of para-hydroxylation sites is 2. The summed E-state index contributed by atoms with van der Waals surface area (Å²) in [5.74, 6) is 3.58. The van der Waals surface area contributed by atoms with Gasteiger partial charge in [0.05, 0.1) is 22.1 Å². The van der Waals surface area contributed by atoms with Crippen molar-refractivity contribution in [1.29, 1.82) is 0 Å². The van der Waals surface area contributed by atoms with Gasteiger partial charge in [-0.25, -0.2) is 59.1 Å². The zero-order valence-electron chi connectivity index (χ0n) is 26.5. The van der Waals surface area contributed by atoms with Crippen molar-refractivity contribution in [2.24, 2.45) is 59.9 Å². The van der Waals surface area contributed by atoms with Crippen molar-refractivity contribution in [2.45, 2.75) is 0 Å². The lowest BCUT2D eigenvalue weighted by Gasteiger charge is -2.27. The highest BCUT2D eigenvalue weighted by Crippen LogP contribution is 2.36. The summed E-state index contributed by atoms with van der Waals surface area (Å²) in [6, 6.07) is 29.4. The number of aliphatic imine (C=N–C) groups is 12. The standard InChI is InChI=1S/C36H18N16/c1-3-7-25-21(5-1)23-13-19(29-45-33-41-15-37-31-38-16-42-34(46-29)49(31)33)9-11-27(23)51(25)52-26-8-4-2-6-22(26)24-14-20(10-12-28(24)52)30-47-35-43-17-39-32-40-18-44-36(48-30)50(32)35/h1-18H. The molecule has 16 nitrogen and oxygen atoms in total. The molecule has 6 aliphatic heterocycles. The van der Waals surface area contributed by atoms with Crippen LogP contribution < -0.4 is 0 Å². The van der Waals surface area contributed by atoms with Crippen LogP contribution in [0.2, 0.25) is 0 Å². The Labute approximate surface area is 291 Å². The van der Waals surface area contributed by atoms with Gasteiger partial charge < -0.3 is 0 Å². The average Bonchev–Trinajstić information content (AvgIpc) is 3.69. The van der Waals surface area contributed by atoms with Crippen molar-refractivity contribution in [1.82, 2.24) is 19.2 Å². The molecule has 4 aromatic carbocycles. The Bertz CT molecular complexity index is 2870. The fourth-order valence-electron chi connectivity index (χ4n) is 7.21. The van der Waals surface area contributed by atoms with Crippen molar-refractivity contribution in [3.8, 4) is 0 Å². The smallest absolute Gasteiger partial charge is 0.243 e. The van der Waals surface area contributed by atoms with Crippen LogP contribution >= 0.6 is 0 Å². The van der Waals surface area contributed by atoms with Crippen molar-refractivity contribution < 1.29 is 0 Å². The van der Waals surface area contributed by atoms with Crippen LogP contribution in [0.5, 0.6) is 0 Å². The first-order valence-electron chi connectivity index (χ1n) is 16.2. The van der Waals surface area contributed by atoms with E-state index in [9.17, 15) is 0 Å². The Morgan fingerprint density at radius 1 is 0.346 bits per heavy atom. The van der Waals surface area contributed by atoms with Gasteiger partial charge in [-0.2, -0.15) is 20.0 Å². The van der Waals surface area contributed by atoms with Crippen LogP contribution in [0.4, 0.5) is 0 Å². The van der Waals surface area contributed by atoms with E-state index in [1.54, 1.807) is 9.80 Å². The molecule has 0 saturated heterocycles. The van der Waals surface area contributed by atoms with Gasteiger partial charge in [0.25, 0.3) is 0 Å². The monoisotopic (exact) mass is 674 g/mol. The molecule has 52 heavy (non-hydrogen) atoms. The number of hydrogen-bond donors (Lipinski definition) is 0. The van der Waals surface area contributed by atoms with E-state index < -0.39 is 0 Å². The normalized spacial score (nSPS) is 18.2. The van der Waals surface area contributed by atoms with Gasteiger partial charge >= 0.3 is 0 Å². The van der Waals surface area contributed by atoms with Crippen LogP contribution in [0.15, 0.2) is 145 Å². The Hall–Kier alpha value is -7.88. The van der Waals surface area contributed by atoms with Gasteiger partial charge in [-0.05, 0) is 48.5 Å². The van der Waals surface area contributed by atoms with Gasteiger partial charge in [0, 0.05) is 32.7 Å². The minimum absolute atomic E-state index is 0.423. The van der Waals surface area contributed by atoms with Gasteiger partial charge in [0.1, 0.15) is 25.4 Å². The first-order valence-corrected chi connectivity index (χ1v) is 16.2. The van der Waals surface area contributed by atoms with Crippen molar-refractivity contribution in [2.75, 3.05) is 0 Å². The first-order chi connectivity index (χ1) is 25.8. The van der Waals surface area contributed by atoms with E-state index in [1.165, 1.54) is 25.4 Å². The summed E-state index contributed by atoms with van der Waals surface area (Å²) in [6.07, 6.45) is 5.77. The summed E-state index contributed by atoms with van der Waals surface area (Å²) in [5, 5.41) is 4.27. The van der Waals surface area contributed by atoms with E-state index in [-0.39, 0.29) is 0 Å². The Balaban J connectivity index is 1.04. The highest BCUT2D eigenvalue weighted by Gasteiger charge is 2.33. The number of benzene rings is 4. The molecule has 8 heterocycles. The Kier molecular flexibility index (Phi) is 5.12. The van der Waals surface area contributed by atoms with E-state index in [1.807, 2.05) is 12.1 Å². The summed E-state index contributed by atoms with van der Waals surface area (Å²) < 4.78 is 4.55. The molecule has 0 radical (unpaired) electrons. The van der Waals surface area contributed by atoms with Crippen LogP contribution in [0.25, 0.3) is 43.6 Å². The molecule has 0 spiro atoms. The van der Waals surface area contributed by atoms with Gasteiger partial charge in [-0.3, -0.25) is 0 Å². The topological polar surface area (TPSA) is 165 Å². The quantitative estimate of drug-likeness (QED) is 0.267. The van der Waals surface area contributed by atoms with E-state index in [0.717, 1.165) is 54.7 Å². The molecular formula is C36H18N16. The molecule has 2 aromatic heterocycles. The molecular weight excluding hydrogens is 657 g/mol. The fraction of sp³-hybridized carbons (Fsp3) is 0. The molecule has 0 saturated carbocycles. The van der Waals surface area contributed by atoms with E-state index in [0.29, 0.717) is 47.4 Å². The first kappa shape index (κ1) is 27.0. The zero-order chi connectivity index (χ0) is 33.9. The maximum absolute atomic E-state index is 4.77. The van der Waals surface area contributed by atoms with Crippen LogP contribution in [0, 0.1) is 0 Å². The van der Waals surface area contributed by atoms with E-state index in [4.69, 9.17) is 20.0 Å². The molecule has 0 bridgehead atoms.